The quantitative estimate of drug-likeness (QED) is 0.786. The highest BCUT2D eigenvalue weighted by molar-refractivity contribution is 7.92. The monoisotopic (exact) mass is 356 g/mol. The normalized spacial score (nSPS) is 16.2. The maximum Gasteiger partial charge on any atom is 0.339 e. The molecular formula is C18H16N2O4S. The summed E-state index contributed by atoms with van der Waals surface area (Å²) >= 11 is 0. The Labute approximate surface area is 146 Å². The van der Waals surface area contributed by atoms with Gasteiger partial charge in [-0.1, -0.05) is 24.3 Å². The maximum atomic E-state index is 13.1. The summed E-state index contributed by atoms with van der Waals surface area (Å²) in [7, 11) is -3.82. The number of carbonyl (C=O) groups is 1. The Bertz CT molecular complexity index is 963. The smallest absolute Gasteiger partial charge is 0.339 e. The van der Waals surface area contributed by atoms with Crippen LogP contribution in [0.5, 0.6) is 0 Å². The van der Waals surface area contributed by atoms with E-state index in [4.69, 9.17) is 10.00 Å². The van der Waals surface area contributed by atoms with Gasteiger partial charge in [-0.15, -0.1) is 0 Å². The van der Waals surface area contributed by atoms with Gasteiger partial charge in [-0.25, -0.2) is 13.2 Å². The molecule has 1 atom stereocenters. The van der Waals surface area contributed by atoms with Crippen molar-refractivity contribution in [1.29, 1.82) is 5.26 Å². The lowest BCUT2D eigenvalue weighted by molar-refractivity contribution is 0.0554. The molecule has 0 aliphatic carbocycles. The summed E-state index contributed by atoms with van der Waals surface area (Å²) in [5, 5.41) is 8.48. The third-order valence-corrected chi connectivity index (χ3v) is 5.96. The number of ether oxygens (including phenoxy) is 1. The van der Waals surface area contributed by atoms with Gasteiger partial charge in [0.2, 0.25) is 0 Å². The van der Waals surface area contributed by atoms with Gasteiger partial charge in [-0.3, -0.25) is 4.31 Å². The van der Waals surface area contributed by atoms with Crippen molar-refractivity contribution in [2.75, 3.05) is 10.9 Å². The van der Waals surface area contributed by atoms with Gasteiger partial charge in [0.05, 0.1) is 16.1 Å². The van der Waals surface area contributed by atoms with Crippen molar-refractivity contribution in [1.82, 2.24) is 0 Å². The van der Waals surface area contributed by atoms with Gasteiger partial charge in [0.1, 0.15) is 6.07 Å². The molecule has 3 rings (SSSR count). The van der Waals surface area contributed by atoms with E-state index in [9.17, 15) is 13.2 Å². The minimum atomic E-state index is -3.82. The Morgan fingerprint density at radius 2 is 2.04 bits per heavy atom. The maximum absolute atomic E-state index is 13.1. The number of sulfonamides is 1. The first kappa shape index (κ1) is 17.0. The predicted molar refractivity (Wildman–Crippen MR) is 91.6 cm³/mol. The third kappa shape index (κ3) is 3.08. The zero-order valence-corrected chi connectivity index (χ0v) is 14.4. The summed E-state index contributed by atoms with van der Waals surface area (Å²) in [6.07, 6.45) is 0.638. The largest absolute Gasteiger partial charge is 0.447 e. The van der Waals surface area contributed by atoms with Crippen molar-refractivity contribution in [3.8, 4) is 6.07 Å². The first-order valence-corrected chi connectivity index (χ1v) is 9.15. The number of hydrogen-bond donors (Lipinski definition) is 0. The highest BCUT2D eigenvalue weighted by Gasteiger charge is 2.36. The van der Waals surface area contributed by atoms with E-state index in [0.29, 0.717) is 12.1 Å². The lowest BCUT2D eigenvalue weighted by Crippen LogP contribution is -2.35. The van der Waals surface area contributed by atoms with Gasteiger partial charge < -0.3 is 4.74 Å². The number of esters is 1. The molecule has 128 valence electrons. The van der Waals surface area contributed by atoms with E-state index in [-0.39, 0.29) is 23.1 Å². The number of anilines is 1. The summed E-state index contributed by atoms with van der Waals surface area (Å²) in [5.41, 5.74) is 1.73. The van der Waals surface area contributed by atoms with Gasteiger partial charge in [-0.05, 0) is 43.2 Å². The van der Waals surface area contributed by atoms with Gasteiger partial charge >= 0.3 is 5.97 Å². The fourth-order valence-corrected chi connectivity index (χ4v) is 4.72. The van der Waals surface area contributed by atoms with Crippen molar-refractivity contribution in [3.05, 3.63) is 59.7 Å². The van der Waals surface area contributed by atoms with Crippen LogP contribution in [0.2, 0.25) is 0 Å². The molecule has 0 aromatic heterocycles. The van der Waals surface area contributed by atoms with Crippen molar-refractivity contribution < 1.29 is 17.9 Å². The van der Waals surface area contributed by atoms with E-state index in [2.05, 4.69) is 0 Å². The fraction of sp³-hybridized carbons (Fsp3) is 0.222. The van der Waals surface area contributed by atoms with E-state index in [0.717, 1.165) is 5.56 Å². The molecule has 0 fully saturated rings. The Hall–Kier alpha value is -2.85. The average molecular weight is 356 g/mol. The van der Waals surface area contributed by atoms with Gasteiger partial charge in [-0.2, -0.15) is 5.26 Å². The second-order valence-corrected chi connectivity index (χ2v) is 7.56. The zero-order chi connectivity index (χ0) is 18.0. The number of fused-ring (bicyclic) bond motifs is 1. The topological polar surface area (TPSA) is 87.5 Å². The van der Waals surface area contributed by atoms with Crippen molar-refractivity contribution in [3.63, 3.8) is 0 Å². The highest BCUT2D eigenvalue weighted by Crippen LogP contribution is 2.36. The van der Waals surface area contributed by atoms with Crippen LogP contribution in [0.4, 0.5) is 5.69 Å². The first-order chi connectivity index (χ1) is 11.9. The van der Waals surface area contributed by atoms with Gasteiger partial charge in [0.25, 0.3) is 10.0 Å². The standard InChI is InChI=1S/C18H16N2O4S/c1-13-11-14-5-2-3-8-17(14)20(13)25(22,23)16-7-4-6-15(12-16)18(21)24-10-9-19/h2-8,12-13H,10-11H2,1H3/t13-/m0/s1. The average Bonchev–Trinajstić information content (AvgIpc) is 2.96. The Morgan fingerprint density at radius 1 is 1.28 bits per heavy atom. The molecule has 1 aliphatic heterocycles. The molecule has 0 bridgehead atoms. The summed E-state index contributed by atoms with van der Waals surface area (Å²) in [4.78, 5) is 11.9. The van der Waals surface area contributed by atoms with Gasteiger partial charge in [0.15, 0.2) is 6.61 Å². The van der Waals surface area contributed by atoms with Crippen molar-refractivity contribution in [2.45, 2.75) is 24.3 Å². The summed E-state index contributed by atoms with van der Waals surface area (Å²) < 4.78 is 32.4. The molecule has 0 radical (unpaired) electrons. The summed E-state index contributed by atoms with van der Waals surface area (Å²) in [6.45, 7) is 1.47. The molecule has 1 aliphatic rings. The predicted octanol–water partition coefficient (Wildman–Crippen LogP) is 2.51. The van der Waals surface area contributed by atoms with Gasteiger partial charge in [0, 0.05) is 6.04 Å². The molecule has 0 spiro atoms. The second-order valence-electron chi connectivity index (χ2n) is 5.74. The van der Waals surface area contributed by atoms with Crippen molar-refractivity contribution >= 4 is 21.7 Å². The summed E-state index contributed by atoms with van der Waals surface area (Å²) in [5.74, 6) is -0.728. The van der Waals surface area contributed by atoms with Crippen LogP contribution in [0.15, 0.2) is 53.4 Å². The Kier molecular flexibility index (Phi) is 4.47. The molecule has 7 heteroatoms. The van der Waals surface area contributed by atoms with E-state index in [1.165, 1.54) is 28.6 Å². The molecule has 0 saturated heterocycles. The van der Waals surface area contributed by atoms with E-state index < -0.39 is 16.0 Å². The number of hydrogen-bond acceptors (Lipinski definition) is 5. The first-order valence-electron chi connectivity index (χ1n) is 7.71. The fourth-order valence-electron chi connectivity index (χ4n) is 2.98. The Balaban J connectivity index is 1.99. The van der Waals surface area contributed by atoms with Crippen molar-refractivity contribution in [2.24, 2.45) is 0 Å². The second kappa shape index (κ2) is 6.57. The van der Waals surface area contributed by atoms with E-state index in [1.807, 2.05) is 19.1 Å². The summed E-state index contributed by atoms with van der Waals surface area (Å²) in [6, 6.07) is 14.5. The highest BCUT2D eigenvalue weighted by atomic mass is 32.2. The number of carbonyl (C=O) groups excluding carboxylic acids is 1. The molecule has 2 aromatic rings. The molecule has 1 heterocycles. The minimum absolute atomic E-state index is 0.0162. The zero-order valence-electron chi connectivity index (χ0n) is 13.5. The van der Waals surface area contributed by atoms with Crippen LogP contribution in [0.1, 0.15) is 22.8 Å². The van der Waals surface area contributed by atoms with Crippen LogP contribution in [-0.2, 0) is 21.2 Å². The Morgan fingerprint density at radius 3 is 2.80 bits per heavy atom. The minimum Gasteiger partial charge on any atom is -0.447 e. The molecule has 0 N–H and O–H groups in total. The molecule has 25 heavy (non-hydrogen) atoms. The number of nitriles is 1. The van der Waals surface area contributed by atoms with Crippen LogP contribution < -0.4 is 4.31 Å². The number of rotatable bonds is 4. The SMILES string of the molecule is C[C@H]1Cc2ccccc2N1S(=O)(=O)c1cccc(C(=O)OCC#N)c1. The van der Waals surface area contributed by atoms with Crippen LogP contribution in [-0.4, -0.2) is 27.0 Å². The van der Waals surface area contributed by atoms with Crippen LogP contribution in [0.25, 0.3) is 0 Å². The number of benzene rings is 2. The van der Waals surface area contributed by atoms with Crippen LogP contribution in [0.3, 0.4) is 0 Å². The third-order valence-electron chi connectivity index (χ3n) is 4.04. The number of nitrogens with zero attached hydrogens (tertiary/aromatic N) is 2. The lowest BCUT2D eigenvalue weighted by atomic mass is 10.1. The van der Waals surface area contributed by atoms with Crippen LogP contribution >= 0.6 is 0 Å². The molecule has 0 saturated carbocycles. The van der Waals surface area contributed by atoms with E-state index in [1.54, 1.807) is 18.2 Å². The molecule has 0 unspecified atom stereocenters. The molecular weight excluding hydrogens is 340 g/mol. The van der Waals surface area contributed by atoms with Crippen LogP contribution in [0, 0.1) is 11.3 Å². The lowest BCUT2D eigenvalue weighted by Gasteiger charge is -2.24. The molecule has 0 amide bonds. The molecule has 2 aromatic carbocycles. The molecule has 6 nitrogen and oxygen atoms in total. The number of para-hydroxylation sites is 1. The van der Waals surface area contributed by atoms with E-state index >= 15 is 0 Å².